The standard InChI is InChI=1S/C16H19N3O6/c1-10(2)18-15(21)7-17-14(20)4-3-11-5-13(19(22)23)6-12-8-24-9-25-16(11)12/h3-6,10H,7-9H2,1-2H3,(H,17,20)(H,18,21)/b4-3+. The van der Waals surface area contributed by atoms with Crippen LogP contribution in [0.1, 0.15) is 25.0 Å². The molecule has 1 aliphatic rings. The Labute approximate surface area is 144 Å². The number of carbonyl (C=O) groups is 2. The van der Waals surface area contributed by atoms with Crippen molar-refractivity contribution in [3.63, 3.8) is 0 Å². The molecule has 0 saturated heterocycles. The molecule has 1 heterocycles. The first-order chi connectivity index (χ1) is 11.9. The second-order valence-corrected chi connectivity index (χ2v) is 5.66. The Morgan fingerprint density at radius 3 is 2.84 bits per heavy atom. The quantitative estimate of drug-likeness (QED) is 0.451. The maximum absolute atomic E-state index is 11.8. The molecule has 0 aliphatic carbocycles. The van der Waals surface area contributed by atoms with Gasteiger partial charge in [0, 0.05) is 35.4 Å². The molecule has 1 aliphatic heterocycles. The second kappa shape index (κ2) is 8.25. The first-order valence-corrected chi connectivity index (χ1v) is 7.64. The first-order valence-electron chi connectivity index (χ1n) is 7.64. The van der Waals surface area contributed by atoms with Crippen LogP contribution in [0.15, 0.2) is 18.2 Å². The van der Waals surface area contributed by atoms with E-state index in [0.717, 1.165) is 0 Å². The van der Waals surface area contributed by atoms with Gasteiger partial charge < -0.3 is 20.1 Å². The number of nitrogens with zero attached hydrogens (tertiary/aromatic N) is 1. The molecule has 2 amide bonds. The number of hydrogen-bond acceptors (Lipinski definition) is 6. The van der Waals surface area contributed by atoms with Gasteiger partial charge in [0.15, 0.2) is 6.79 Å². The van der Waals surface area contributed by atoms with Crippen LogP contribution in [0, 0.1) is 10.1 Å². The fourth-order valence-electron chi connectivity index (χ4n) is 2.23. The predicted octanol–water partition coefficient (Wildman–Crippen LogP) is 1.12. The van der Waals surface area contributed by atoms with Gasteiger partial charge >= 0.3 is 0 Å². The maximum atomic E-state index is 11.8. The molecule has 0 spiro atoms. The predicted molar refractivity (Wildman–Crippen MR) is 88.7 cm³/mol. The highest BCUT2D eigenvalue weighted by atomic mass is 16.7. The summed E-state index contributed by atoms with van der Waals surface area (Å²) in [5.74, 6) is -0.352. The molecule has 0 aromatic heterocycles. The fourth-order valence-corrected chi connectivity index (χ4v) is 2.23. The van der Waals surface area contributed by atoms with Crippen molar-refractivity contribution in [3.8, 4) is 5.75 Å². The molecule has 9 heteroatoms. The third kappa shape index (κ3) is 5.28. The number of carbonyl (C=O) groups excluding carboxylic acids is 2. The van der Waals surface area contributed by atoms with E-state index >= 15 is 0 Å². The van der Waals surface area contributed by atoms with Crippen LogP contribution in [0.5, 0.6) is 5.75 Å². The van der Waals surface area contributed by atoms with Crippen LogP contribution in [0.2, 0.25) is 0 Å². The summed E-state index contributed by atoms with van der Waals surface area (Å²) in [5.41, 5.74) is 0.815. The Balaban J connectivity index is 2.09. The zero-order valence-electron chi connectivity index (χ0n) is 13.9. The van der Waals surface area contributed by atoms with Crippen molar-refractivity contribution in [2.24, 2.45) is 0 Å². The Bertz CT molecular complexity index is 714. The van der Waals surface area contributed by atoms with Crippen LogP contribution in [0.4, 0.5) is 5.69 Å². The van der Waals surface area contributed by atoms with Gasteiger partial charge in [0.2, 0.25) is 11.8 Å². The van der Waals surface area contributed by atoms with E-state index in [1.54, 1.807) is 0 Å². The number of nitro groups is 1. The van der Waals surface area contributed by atoms with E-state index in [4.69, 9.17) is 9.47 Å². The van der Waals surface area contributed by atoms with Gasteiger partial charge in [-0.3, -0.25) is 19.7 Å². The normalized spacial score (nSPS) is 13.2. The summed E-state index contributed by atoms with van der Waals surface area (Å²) < 4.78 is 10.5. The largest absolute Gasteiger partial charge is 0.467 e. The van der Waals surface area contributed by atoms with Crippen molar-refractivity contribution >= 4 is 23.6 Å². The summed E-state index contributed by atoms with van der Waals surface area (Å²) in [5, 5.41) is 16.1. The van der Waals surface area contributed by atoms with E-state index in [1.807, 2.05) is 13.8 Å². The summed E-state index contributed by atoms with van der Waals surface area (Å²) in [7, 11) is 0. The van der Waals surface area contributed by atoms with Gasteiger partial charge in [-0.2, -0.15) is 0 Å². The number of nitro benzene ring substituents is 1. The minimum absolute atomic E-state index is 0.0179. The highest BCUT2D eigenvalue weighted by Crippen LogP contribution is 2.33. The van der Waals surface area contributed by atoms with Gasteiger partial charge in [-0.1, -0.05) is 0 Å². The smallest absolute Gasteiger partial charge is 0.270 e. The average molecular weight is 349 g/mol. The highest BCUT2D eigenvalue weighted by molar-refractivity contribution is 5.94. The van der Waals surface area contributed by atoms with Gasteiger partial charge in [-0.15, -0.1) is 0 Å². The van der Waals surface area contributed by atoms with Crippen molar-refractivity contribution < 1.29 is 24.0 Å². The minimum Gasteiger partial charge on any atom is -0.467 e. The lowest BCUT2D eigenvalue weighted by Crippen LogP contribution is -2.39. The second-order valence-electron chi connectivity index (χ2n) is 5.66. The molecule has 0 unspecified atom stereocenters. The van der Waals surface area contributed by atoms with Crippen LogP contribution >= 0.6 is 0 Å². The minimum atomic E-state index is -0.525. The number of ether oxygens (including phenoxy) is 2. The van der Waals surface area contributed by atoms with E-state index in [-0.39, 0.29) is 37.6 Å². The summed E-state index contributed by atoms with van der Waals surface area (Å²) in [6.45, 7) is 3.70. The molecular weight excluding hydrogens is 330 g/mol. The molecule has 0 atom stereocenters. The number of hydrogen-bond donors (Lipinski definition) is 2. The zero-order chi connectivity index (χ0) is 18.4. The van der Waals surface area contributed by atoms with Gasteiger partial charge in [0.05, 0.1) is 18.1 Å². The number of rotatable bonds is 6. The molecule has 0 fully saturated rings. The summed E-state index contributed by atoms with van der Waals surface area (Å²) in [6.07, 6.45) is 2.60. The first kappa shape index (κ1) is 18.4. The van der Waals surface area contributed by atoms with Crippen molar-refractivity contribution in [1.82, 2.24) is 10.6 Å². The monoisotopic (exact) mass is 349 g/mol. The lowest BCUT2D eigenvalue weighted by Gasteiger charge is -2.19. The number of non-ortho nitro benzene ring substituents is 1. The summed E-state index contributed by atoms with van der Waals surface area (Å²) >= 11 is 0. The van der Waals surface area contributed by atoms with Gasteiger partial charge in [-0.05, 0) is 19.9 Å². The molecule has 1 aromatic carbocycles. The Kier molecular flexibility index (Phi) is 6.07. The highest BCUT2D eigenvalue weighted by Gasteiger charge is 2.19. The molecular formula is C16H19N3O6. The van der Waals surface area contributed by atoms with E-state index < -0.39 is 10.8 Å². The van der Waals surface area contributed by atoms with Crippen molar-refractivity contribution in [3.05, 3.63) is 39.4 Å². The molecule has 9 nitrogen and oxygen atoms in total. The van der Waals surface area contributed by atoms with Crippen molar-refractivity contribution in [2.75, 3.05) is 13.3 Å². The molecule has 0 saturated carbocycles. The van der Waals surface area contributed by atoms with E-state index in [9.17, 15) is 19.7 Å². The zero-order valence-corrected chi connectivity index (χ0v) is 13.9. The summed E-state index contributed by atoms with van der Waals surface area (Å²) in [4.78, 5) is 33.8. The van der Waals surface area contributed by atoms with Crippen LogP contribution in [-0.2, 0) is 20.9 Å². The Hall–Kier alpha value is -2.94. The van der Waals surface area contributed by atoms with Crippen LogP contribution < -0.4 is 15.4 Å². The maximum Gasteiger partial charge on any atom is 0.270 e. The van der Waals surface area contributed by atoms with Crippen LogP contribution in [-0.4, -0.2) is 36.1 Å². The van der Waals surface area contributed by atoms with Crippen molar-refractivity contribution in [2.45, 2.75) is 26.5 Å². The van der Waals surface area contributed by atoms with Gasteiger partial charge in [-0.25, -0.2) is 0 Å². The number of benzene rings is 1. The molecule has 1 aromatic rings. The number of nitrogens with one attached hydrogen (secondary N) is 2. The van der Waals surface area contributed by atoms with E-state index in [2.05, 4.69) is 10.6 Å². The number of amides is 2. The van der Waals surface area contributed by atoms with Crippen molar-refractivity contribution in [1.29, 1.82) is 0 Å². The third-order valence-corrected chi connectivity index (χ3v) is 3.22. The number of fused-ring (bicyclic) bond motifs is 1. The lowest BCUT2D eigenvalue weighted by molar-refractivity contribution is -0.385. The van der Waals surface area contributed by atoms with Crippen LogP contribution in [0.3, 0.4) is 0 Å². The van der Waals surface area contributed by atoms with E-state index in [0.29, 0.717) is 16.9 Å². The van der Waals surface area contributed by atoms with Crippen LogP contribution in [0.25, 0.3) is 6.08 Å². The SMILES string of the molecule is CC(C)NC(=O)CNC(=O)/C=C/c1cc([N+](=O)[O-])cc2c1OCOC2. The molecule has 0 bridgehead atoms. The summed E-state index contributed by atoms with van der Waals surface area (Å²) in [6, 6.07) is 2.68. The van der Waals surface area contributed by atoms with E-state index in [1.165, 1.54) is 24.3 Å². The molecule has 134 valence electrons. The lowest BCUT2D eigenvalue weighted by atomic mass is 10.1. The topological polar surface area (TPSA) is 120 Å². The molecule has 0 radical (unpaired) electrons. The Morgan fingerprint density at radius 2 is 2.16 bits per heavy atom. The molecule has 25 heavy (non-hydrogen) atoms. The Morgan fingerprint density at radius 1 is 1.40 bits per heavy atom. The molecule has 2 N–H and O–H groups in total. The third-order valence-electron chi connectivity index (χ3n) is 3.22. The molecule has 2 rings (SSSR count). The average Bonchev–Trinajstić information content (AvgIpc) is 2.56. The fraction of sp³-hybridized carbons (Fsp3) is 0.375. The van der Waals surface area contributed by atoms with Gasteiger partial charge in [0.25, 0.3) is 5.69 Å². The van der Waals surface area contributed by atoms with Gasteiger partial charge in [0.1, 0.15) is 5.75 Å².